The fraction of sp³-hybridized carbons (Fsp3) is 0.360. The zero-order valence-corrected chi connectivity index (χ0v) is 17.2. The molecule has 0 N–H and O–H groups in total. The second kappa shape index (κ2) is 7.38. The topological polar surface area (TPSA) is 34.5 Å². The molecular weight excluding hydrogens is 344 g/mol. The van der Waals surface area contributed by atoms with Gasteiger partial charge >= 0.3 is 0 Å². The number of aliphatic imine (C=N–C) groups is 1. The van der Waals surface area contributed by atoms with Gasteiger partial charge in [0, 0.05) is 5.39 Å². The second-order valence-electron chi connectivity index (χ2n) is 8.71. The average Bonchev–Trinajstić information content (AvgIpc) is 2.71. The Morgan fingerprint density at radius 1 is 0.964 bits per heavy atom. The molecule has 3 nitrogen and oxygen atoms in total. The molecule has 0 bridgehead atoms. The molecular formula is C25H28N2O. The highest BCUT2D eigenvalue weighted by atomic mass is 16.5. The van der Waals surface area contributed by atoms with Crippen LogP contribution in [-0.2, 0) is 13.0 Å². The maximum absolute atomic E-state index is 5.63. The van der Waals surface area contributed by atoms with Crippen molar-refractivity contribution in [1.29, 1.82) is 0 Å². The van der Waals surface area contributed by atoms with E-state index in [2.05, 4.69) is 63.2 Å². The summed E-state index contributed by atoms with van der Waals surface area (Å²) in [5.41, 5.74) is 4.88. The Labute approximate surface area is 167 Å². The molecule has 0 fully saturated rings. The summed E-state index contributed by atoms with van der Waals surface area (Å²) in [4.78, 5) is 9.96. The minimum atomic E-state index is 0.215. The third-order valence-corrected chi connectivity index (χ3v) is 5.86. The molecule has 0 spiro atoms. The Hall–Kier alpha value is -2.68. The first-order valence-electron chi connectivity index (χ1n) is 10.0. The molecule has 3 heteroatoms. The van der Waals surface area contributed by atoms with Gasteiger partial charge in [0.15, 0.2) is 0 Å². The fourth-order valence-corrected chi connectivity index (χ4v) is 4.06. The molecule has 0 radical (unpaired) electrons. The summed E-state index contributed by atoms with van der Waals surface area (Å²) in [6, 6.07) is 18.9. The van der Waals surface area contributed by atoms with E-state index in [1.807, 2.05) is 12.1 Å². The van der Waals surface area contributed by atoms with Gasteiger partial charge in [0.2, 0.25) is 5.88 Å². The lowest BCUT2D eigenvalue weighted by Gasteiger charge is -2.36. The Balaban J connectivity index is 1.87. The van der Waals surface area contributed by atoms with Gasteiger partial charge in [-0.2, -0.15) is 0 Å². The van der Waals surface area contributed by atoms with Gasteiger partial charge < -0.3 is 4.74 Å². The number of nitrogens with zero attached hydrogens (tertiary/aromatic N) is 2. The van der Waals surface area contributed by atoms with Crippen LogP contribution in [0, 0.1) is 11.3 Å². The zero-order chi connectivity index (χ0) is 19.7. The lowest BCUT2D eigenvalue weighted by atomic mass is 9.70. The van der Waals surface area contributed by atoms with E-state index in [1.165, 1.54) is 16.5 Å². The van der Waals surface area contributed by atoms with Crippen molar-refractivity contribution < 1.29 is 4.74 Å². The van der Waals surface area contributed by atoms with Gasteiger partial charge in [0.05, 0.1) is 25.1 Å². The van der Waals surface area contributed by atoms with E-state index in [0.29, 0.717) is 18.3 Å². The standard InChI is InChI=1S/C25H28N2O/c1-25(2,3)18-14-21-19-12-8-9-13-20(19)24(28-4)27-23(21)22(15-18)26-16-17-10-6-5-7-11-17/h5-13,18H,14-16H2,1-4H3. The van der Waals surface area contributed by atoms with Crippen LogP contribution in [0.25, 0.3) is 10.8 Å². The number of benzene rings is 2. The Morgan fingerprint density at radius 3 is 2.32 bits per heavy atom. The van der Waals surface area contributed by atoms with E-state index in [4.69, 9.17) is 14.7 Å². The molecule has 0 saturated carbocycles. The first-order chi connectivity index (χ1) is 13.5. The van der Waals surface area contributed by atoms with Crippen LogP contribution in [0.15, 0.2) is 59.6 Å². The molecule has 3 aromatic rings. The van der Waals surface area contributed by atoms with E-state index in [9.17, 15) is 0 Å². The van der Waals surface area contributed by atoms with Gasteiger partial charge in [0.1, 0.15) is 0 Å². The van der Waals surface area contributed by atoms with Crippen molar-refractivity contribution in [1.82, 2.24) is 4.98 Å². The van der Waals surface area contributed by atoms with Crippen molar-refractivity contribution in [2.75, 3.05) is 7.11 Å². The van der Waals surface area contributed by atoms with Gasteiger partial charge in [-0.3, -0.25) is 4.99 Å². The highest BCUT2D eigenvalue weighted by molar-refractivity contribution is 6.06. The molecule has 0 saturated heterocycles. The van der Waals surface area contributed by atoms with Crippen molar-refractivity contribution in [3.05, 3.63) is 71.4 Å². The molecule has 144 valence electrons. The molecule has 0 aliphatic heterocycles. The van der Waals surface area contributed by atoms with Crippen LogP contribution in [0.3, 0.4) is 0 Å². The SMILES string of the molecule is COc1nc2c(c3ccccc13)CC(C(C)(C)C)CC2=NCc1ccccc1. The Kier molecular flexibility index (Phi) is 4.92. The molecule has 1 aliphatic rings. The second-order valence-corrected chi connectivity index (χ2v) is 8.71. The predicted octanol–water partition coefficient (Wildman–Crippen LogP) is 5.84. The van der Waals surface area contributed by atoms with Gasteiger partial charge in [-0.1, -0.05) is 69.3 Å². The number of pyridine rings is 1. The summed E-state index contributed by atoms with van der Waals surface area (Å²) in [5.74, 6) is 1.23. The van der Waals surface area contributed by atoms with E-state index in [1.54, 1.807) is 7.11 Å². The smallest absolute Gasteiger partial charge is 0.221 e. The van der Waals surface area contributed by atoms with Crippen molar-refractivity contribution in [2.24, 2.45) is 16.3 Å². The molecule has 1 aliphatic carbocycles. The van der Waals surface area contributed by atoms with E-state index in [-0.39, 0.29) is 5.41 Å². The molecule has 1 unspecified atom stereocenters. The van der Waals surface area contributed by atoms with Gasteiger partial charge in [-0.25, -0.2) is 4.98 Å². The highest BCUT2D eigenvalue weighted by Crippen LogP contribution is 2.41. The minimum absolute atomic E-state index is 0.215. The summed E-state index contributed by atoms with van der Waals surface area (Å²) in [7, 11) is 1.70. The van der Waals surface area contributed by atoms with Gasteiger partial charge in [0.25, 0.3) is 0 Å². The van der Waals surface area contributed by atoms with Crippen molar-refractivity contribution in [2.45, 2.75) is 40.2 Å². The van der Waals surface area contributed by atoms with Gasteiger partial charge in [-0.15, -0.1) is 0 Å². The van der Waals surface area contributed by atoms with Crippen LogP contribution < -0.4 is 4.74 Å². The highest BCUT2D eigenvalue weighted by Gasteiger charge is 2.34. The number of fused-ring (bicyclic) bond motifs is 3. The van der Waals surface area contributed by atoms with Crippen molar-refractivity contribution in [3.8, 4) is 5.88 Å². The third kappa shape index (κ3) is 3.54. The number of rotatable bonds is 3. The summed E-state index contributed by atoms with van der Waals surface area (Å²) < 4.78 is 5.63. The summed E-state index contributed by atoms with van der Waals surface area (Å²) in [5, 5.41) is 2.33. The number of hydrogen-bond acceptors (Lipinski definition) is 3. The van der Waals surface area contributed by atoms with Crippen molar-refractivity contribution >= 4 is 16.5 Å². The monoisotopic (exact) mass is 372 g/mol. The normalized spacial score (nSPS) is 18.3. The summed E-state index contributed by atoms with van der Waals surface area (Å²) in [6.45, 7) is 7.67. The first-order valence-corrected chi connectivity index (χ1v) is 10.0. The molecule has 0 amide bonds. The van der Waals surface area contributed by atoms with Crippen LogP contribution in [0.2, 0.25) is 0 Å². The van der Waals surface area contributed by atoms with Crippen LogP contribution in [0.1, 0.15) is 44.0 Å². The van der Waals surface area contributed by atoms with Crippen LogP contribution in [0.5, 0.6) is 5.88 Å². The van der Waals surface area contributed by atoms with E-state index in [0.717, 1.165) is 29.6 Å². The number of methoxy groups -OCH3 is 1. The third-order valence-electron chi connectivity index (χ3n) is 5.86. The minimum Gasteiger partial charge on any atom is -0.481 e. The molecule has 1 atom stereocenters. The Bertz CT molecular complexity index is 1020. The average molecular weight is 373 g/mol. The van der Waals surface area contributed by atoms with Gasteiger partial charge in [-0.05, 0) is 46.8 Å². The largest absolute Gasteiger partial charge is 0.481 e. The number of ether oxygens (including phenoxy) is 1. The summed E-state index contributed by atoms with van der Waals surface area (Å²) >= 11 is 0. The maximum atomic E-state index is 5.63. The first kappa shape index (κ1) is 18.7. The molecule has 2 aromatic carbocycles. The lowest BCUT2D eigenvalue weighted by molar-refractivity contribution is 0.242. The Morgan fingerprint density at radius 2 is 1.64 bits per heavy atom. The van der Waals surface area contributed by atoms with Crippen LogP contribution in [-0.4, -0.2) is 17.8 Å². The fourth-order valence-electron chi connectivity index (χ4n) is 4.06. The molecule has 4 rings (SSSR count). The lowest BCUT2D eigenvalue weighted by Crippen LogP contribution is -2.31. The molecule has 28 heavy (non-hydrogen) atoms. The number of hydrogen-bond donors (Lipinski definition) is 0. The molecule has 1 heterocycles. The van der Waals surface area contributed by atoms with E-state index >= 15 is 0 Å². The van der Waals surface area contributed by atoms with E-state index < -0.39 is 0 Å². The van der Waals surface area contributed by atoms with Crippen LogP contribution in [0.4, 0.5) is 0 Å². The number of aromatic nitrogens is 1. The predicted molar refractivity (Wildman–Crippen MR) is 116 cm³/mol. The van der Waals surface area contributed by atoms with Crippen LogP contribution >= 0.6 is 0 Å². The quantitative estimate of drug-likeness (QED) is 0.579. The zero-order valence-electron chi connectivity index (χ0n) is 17.2. The maximum Gasteiger partial charge on any atom is 0.221 e. The van der Waals surface area contributed by atoms with Crippen molar-refractivity contribution in [3.63, 3.8) is 0 Å². The summed E-state index contributed by atoms with van der Waals surface area (Å²) in [6.07, 6.45) is 1.98. The molecule has 1 aromatic heterocycles.